The van der Waals surface area contributed by atoms with Crippen LogP contribution in [-0.4, -0.2) is 55.4 Å². The average molecular weight is 577 g/mol. The summed E-state index contributed by atoms with van der Waals surface area (Å²) in [5.74, 6) is -1.56. The molecule has 1 aromatic heterocycles. The number of nitrogens with zero attached hydrogens (tertiary/aromatic N) is 4. The van der Waals surface area contributed by atoms with Crippen LogP contribution in [0.2, 0.25) is 15.1 Å². The topological polar surface area (TPSA) is 117 Å². The largest absolute Gasteiger partial charge is 0.480 e. The zero-order valence-corrected chi connectivity index (χ0v) is 22.4. The van der Waals surface area contributed by atoms with Crippen LogP contribution in [0.1, 0.15) is 62.7 Å². The lowest BCUT2D eigenvalue weighted by molar-refractivity contribution is -0.139. The highest BCUT2D eigenvalue weighted by molar-refractivity contribution is 6.40. The predicted molar refractivity (Wildman–Crippen MR) is 142 cm³/mol. The van der Waals surface area contributed by atoms with E-state index in [1.165, 1.54) is 0 Å². The lowest BCUT2D eigenvalue weighted by Crippen LogP contribution is -2.42. The number of hydrogen-bond acceptors (Lipinski definition) is 5. The van der Waals surface area contributed by atoms with Crippen LogP contribution in [0.5, 0.6) is 0 Å². The fraction of sp³-hybridized carbons (Fsp3) is 0.346. The van der Waals surface area contributed by atoms with Gasteiger partial charge in [0.05, 0.1) is 21.3 Å². The smallest absolute Gasteiger partial charge is 0.326 e. The van der Waals surface area contributed by atoms with Gasteiger partial charge in [-0.25, -0.2) is 4.79 Å². The van der Waals surface area contributed by atoms with Gasteiger partial charge in [0.25, 0.3) is 11.8 Å². The van der Waals surface area contributed by atoms with Crippen LogP contribution >= 0.6 is 34.8 Å². The van der Waals surface area contributed by atoms with Gasteiger partial charge in [0.1, 0.15) is 6.04 Å². The molecular formula is C26H24Cl3N5O4. The molecular weight excluding hydrogens is 553 g/mol. The third kappa shape index (κ3) is 5.65. The molecule has 0 spiro atoms. The van der Waals surface area contributed by atoms with Crippen LogP contribution < -0.4 is 5.32 Å². The number of nitrogens with one attached hydrogen (secondary N) is 1. The van der Waals surface area contributed by atoms with E-state index >= 15 is 0 Å². The number of carboxylic acid groups (broad SMARTS) is 1. The lowest BCUT2D eigenvalue weighted by atomic mass is 9.96. The van der Waals surface area contributed by atoms with Crippen molar-refractivity contribution in [3.63, 3.8) is 0 Å². The zero-order valence-electron chi connectivity index (χ0n) is 20.2. The number of aromatic nitrogens is 3. The van der Waals surface area contributed by atoms with Crippen LogP contribution in [0.3, 0.4) is 0 Å². The SMILES string of the molecule is O=C(N[C@@H](CCn1cc(C2CC2)nn1)C(=O)O)c1c(Cl)cc2c(c1Cl)CCN(C(=O)c1ccc(Cl)cc1)C2. The molecule has 2 aliphatic rings. The molecule has 1 saturated carbocycles. The summed E-state index contributed by atoms with van der Waals surface area (Å²) in [7, 11) is 0. The average Bonchev–Trinajstić information content (AvgIpc) is 3.63. The summed E-state index contributed by atoms with van der Waals surface area (Å²) < 4.78 is 1.59. The van der Waals surface area contributed by atoms with Crippen molar-refractivity contribution in [2.45, 2.75) is 50.7 Å². The van der Waals surface area contributed by atoms with Gasteiger partial charge >= 0.3 is 5.97 Å². The van der Waals surface area contributed by atoms with E-state index in [0.717, 1.165) is 24.1 Å². The Bertz CT molecular complexity index is 1400. The van der Waals surface area contributed by atoms with Crippen molar-refractivity contribution in [3.8, 4) is 0 Å². The molecule has 2 heterocycles. The molecule has 1 aliphatic carbocycles. The number of carboxylic acids is 1. The molecule has 1 aliphatic heterocycles. The molecule has 0 unspecified atom stereocenters. The zero-order chi connectivity index (χ0) is 27.0. The molecule has 1 fully saturated rings. The standard InChI is InChI=1S/C26H24Cl3N5O4/c27-17-5-3-15(4-6-17)25(36)33-9-7-18-16(12-33)11-19(28)22(23(18)29)24(35)30-20(26(37)38)8-10-34-13-21(31-32-34)14-1-2-14/h3-6,11,13-14,20H,1-2,7-10,12H2,(H,30,35)(H,37,38)/t20-/m0/s1. The molecule has 3 aromatic rings. The molecule has 1 atom stereocenters. The summed E-state index contributed by atoms with van der Waals surface area (Å²) in [6.07, 6.45) is 4.52. The second kappa shape index (κ2) is 10.9. The van der Waals surface area contributed by atoms with Crippen molar-refractivity contribution in [2.24, 2.45) is 0 Å². The van der Waals surface area contributed by atoms with Gasteiger partial charge in [-0.05, 0) is 67.1 Å². The molecule has 5 rings (SSSR count). The quantitative estimate of drug-likeness (QED) is 0.405. The summed E-state index contributed by atoms with van der Waals surface area (Å²) in [6.45, 7) is 0.951. The van der Waals surface area contributed by atoms with Gasteiger partial charge < -0.3 is 15.3 Å². The number of aliphatic carboxylic acids is 1. The number of benzene rings is 2. The number of rotatable bonds is 8. The second-order valence-corrected chi connectivity index (χ2v) is 10.7. The first kappa shape index (κ1) is 26.5. The Labute approximate surface area is 233 Å². The Morgan fingerprint density at radius 2 is 1.87 bits per heavy atom. The molecule has 38 heavy (non-hydrogen) atoms. The number of halogens is 3. The minimum absolute atomic E-state index is 0.0209. The van der Waals surface area contributed by atoms with Gasteiger partial charge in [-0.3, -0.25) is 14.3 Å². The molecule has 0 radical (unpaired) electrons. The van der Waals surface area contributed by atoms with Gasteiger partial charge in [-0.15, -0.1) is 5.10 Å². The molecule has 198 valence electrons. The lowest BCUT2D eigenvalue weighted by Gasteiger charge is -2.30. The predicted octanol–water partition coefficient (Wildman–Crippen LogP) is 4.59. The highest BCUT2D eigenvalue weighted by atomic mass is 35.5. The van der Waals surface area contributed by atoms with Crippen molar-refractivity contribution in [1.29, 1.82) is 0 Å². The number of aryl methyl sites for hydroxylation is 1. The van der Waals surface area contributed by atoms with Crippen molar-refractivity contribution < 1.29 is 19.5 Å². The van der Waals surface area contributed by atoms with Gasteiger partial charge in [0.15, 0.2) is 0 Å². The van der Waals surface area contributed by atoms with E-state index in [2.05, 4.69) is 15.6 Å². The first-order valence-corrected chi connectivity index (χ1v) is 13.3. The maximum Gasteiger partial charge on any atom is 0.326 e. The monoisotopic (exact) mass is 575 g/mol. The first-order valence-electron chi connectivity index (χ1n) is 12.2. The van der Waals surface area contributed by atoms with Crippen LogP contribution in [0.4, 0.5) is 0 Å². The first-order chi connectivity index (χ1) is 18.2. The number of carbonyl (C=O) groups excluding carboxylic acids is 2. The third-order valence-corrected chi connectivity index (χ3v) is 7.78. The highest BCUT2D eigenvalue weighted by Crippen LogP contribution is 2.38. The van der Waals surface area contributed by atoms with Gasteiger partial charge in [0, 0.05) is 42.3 Å². The minimum atomic E-state index is -1.18. The van der Waals surface area contributed by atoms with Gasteiger partial charge in [-0.1, -0.05) is 40.0 Å². The Morgan fingerprint density at radius 3 is 2.55 bits per heavy atom. The van der Waals surface area contributed by atoms with Crippen LogP contribution in [-0.2, 0) is 24.3 Å². The van der Waals surface area contributed by atoms with E-state index in [0.29, 0.717) is 35.0 Å². The van der Waals surface area contributed by atoms with Crippen molar-refractivity contribution in [2.75, 3.05) is 6.54 Å². The maximum atomic E-state index is 13.1. The minimum Gasteiger partial charge on any atom is -0.480 e. The Hall–Kier alpha value is -3.14. The van der Waals surface area contributed by atoms with E-state index in [1.54, 1.807) is 39.9 Å². The Morgan fingerprint density at radius 1 is 1.13 bits per heavy atom. The van der Waals surface area contributed by atoms with E-state index < -0.39 is 17.9 Å². The number of amides is 2. The Balaban J connectivity index is 1.28. The fourth-order valence-electron chi connectivity index (χ4n) is 4.55. The molecule has 12 heteroatoms. The second-order valence-electron chi connectivity index (χ2n) is 9.50. The third-order valence-electron chi connectivity index (χ3n) is 6.81. The molecule has 0 saturated heterocycles. The van der Waals surface area contributed by atoms with E-state index in [9.17, 15) is 19.5 Å². The van der Waals surface area contributed by atoms with E-state index in [-0.39, 0.29) is 41.0 Å². The van der Waals surface area contributed by atoms with Crippen molar-refractivity contribution in [3.05, 3.63) is 79.5 Å². The van der Waals surface area contributed by atoms with Crippen LogP contribution in [0, 0.1) is 0 Å². The molecule has 2 amide bonds. The Kier molecular flexibility index (Phi) is 7.61. The number of fused-ring (bicyclic) bond motifs is 1. The summed E-state index contributed by atoms with van der Waals surface area (Å²) in [4.78, 5) is 39.6. The van der Waals surface area contributed by atoms with Gasteiger partial charge in [0.2, 0.25) is 0 Å². The highest BCUT2D eigenvalue weighted by Gasteiger charge is 2.30. The molecule has 0 bridgehead atoms. The summed E-state index contributed by atoms with van der Waals surface area (Å²) in [5.41, 5.74) is 2.89. The van der Waals surface area contributed by atoms with E-state index in [1.807, 2.05) is 6.20 Å². The van der Waals surface area contributed by atoms with Crippen molar-refractivity contribution in [1.82, 2.24) is 25.2 Å². The summed E-state index contributed by atoms with van der Waals surface area (Å²) >= 11 is 19.0. The van der Waals surface area contributed by atoms with Gasteiger partial charge in [-0.2, -0.15) is 0 Å². The molecule has 2 aromatic carbocycles. The molecule has 2 N–H and O–H groups in total. The van der Waals surface area contributed by atoms with Crippen molar-refractivity contribution >= 4 is 52.6 Å². The normalized spacial score (nSPS) is 15.6. The fourth-order valence-corrected chi connectivity index (χ4v) is 5.44. The molecule has 9 nitrogen and oxygen atoms in total. The van der Waals surface area contributed by atoms with Crippen LogP contribution in [0.15, 0.2) is 36.5 Å². The number of hydrogen-bond donors (Lipinski definition) is 2. The summed E-state index contributed by atoms with van der Waals surface area (Å²) in [5, 5.41) is 21.2. The van der Waals surface area contributed by atoms with E-state index in [4.69, 9.17) is 34.8 Å². The number of carbonyl (C=O) groups is 3. The summed E-state index contributed by atoms with van der Waals surface area (Å²) in [6, 6.07) is 7.10. The maximum absolute atomic E-state index is 13.1. The van der Waals surface area contributed by atoms with Crippen LogP contribution in [0.25, 0.3) is 0 Å².